The number of nitrogens with zero attached hydrogens (tertiary/aromatic N) is 4. The Kier molecular flexibility index (Phi) is 5.52. The largest absolute Gasteiger partial charge is 0.324 e. The predicted molar refractivity (Wildman–Crippen MR) is 106 cm³/mol. The van der Waals surface area contributed by atoms with Crippen LogP contribution in [0.25, 0.3) is 10.2 Å². The summed E-state index contributed by atoms with van der Waals surface area (Å²) < 4.78 is 0.882. The number of hydrogen-bond donors (Lipinski definition) is 0. The summed E-state index contributed by atoms with van der Waals surface area (Å²) in [6.07, 6.45) is 0. The van der Waals surface area contributed by atoms with E-state index in [9.17, 15) is 14.9 Å². The van der Waals surface area contributed by atoms with Crippen molar-refractivity contribution in [3.05, 3.63) is 50.3 Å². The number of nitro groups is 1. The minimum Gasteiger partial charge on any atom is -0.308 e. The molecule has 0 radical (unpaired) electrons. The van der Waals surface area contributed by atoms with Gasteiger partial charge < -0.3 is 4.90 Å². The zero-order chi connectivity index (χ0) is 18.8. The molecule has 0 aliphatic carbocycles. The van der Waals surface area contributed by atoms with Gasteiger partial charge in [0.25, 0.3) is 5.91 Å². The molecule has 0 saturated heterocycles. The van der Waals surface area contributed by atoms with Crippen LogP contribution in [0, 0.1) is 10.1 Å². The smallest absolute Gasteiger partial charge is 0.308 e. The van der Waals surface area contributed by atoms with Crippen molar-refractivity contribution >= 4 is 60.5 Å². The van der Waals surface area contributed by atoms with E-state index < -0.39 is 4.92 Å². The summed E-state index contributed by atoms with van der Waals surface area (Å²) in [5.41, 5.74) is 0.647. The topological polar surface area (TPSA) is 79.6 Å². The molecule has 0 atom stereocenters. The zero-order valence-corrected chi connectivity index (χ0v) is 16.4. The van der Waals surface area contributed by atoms with Crippen LogP contribution in [-0.2, 0) is 0 Å². The van der Waals surface area contributed by atoms with Crippen molar-refractivity contribution in [2.45, 2.75) is 0 Å². The van der Waals surface area contributed by atoms with Crippen molar-refractivity contribution in [3.63, 3.8) is 0 Å². The summed E-state index contributed by atoms with van der Waals surface area (Å²) in [4.78, 5) is 31.7. The van der Waals surface area contributed by atoms with E-state index in [1.807, 2.05) is 31.1 Å². The highest BCUT2D eigenvalue weighted by molar-refractivity contribution is 7.22. The van der Waals surface area contributed by atoms with Crippen LogP contribution in [0.1, 0.15) is 9.67 Å². The standard InChI is InChI=1S/C16H15ClN4O3S2/c1-19(2)8-9-20(15(22)12-6-7-13(25-12)21(23)24)16-18-14-10(17)4-3-5-11(14)26-16/h3-7H,8-9H2,1-2H3. The van der Waals surface area contributed by atoms with E-state index in [0.717, 1.165) is 16.0 Å². The van der Waals surface area contributed by atoms with Gasteiger partial charge in [0.15, 0.2) is 5.13 Å². The summed E-state index contributed by atoms with van der Waals surface area (Å²) in [6.45, 7) is 1.04. The Morgan fingerprint density at radius 2 is 2.00 bits per heavy atom. The Morgan fingerprint density at radius 1 is 1.23 bits per heavy atom. The van der Waals surface area contributed by atoms with Gasteiger partial charge in [-0.2, -0.15) is 0 Å². The molecular formula is C16H15ClN4O3S2. The van der Waals surface area contributed by atoms with Crippen LogP contribution in [0.3, 0.4) is 0 Å². The molecule has 3 aromatic rings. The molecule has 0 N–H and O–H groups in total. The number of amides is 1. The molecule has 2 heterocycles. The molecular weight excluding hydrogens is 396 g/mol. The first-order valence-electron chi connectivity index (χ1n) is 7.62. The van der Waals surface area contributed by atoms with Gasteiger partial charge >= 0.3 is 5.00 Å². The lowest BCUT2D eigenvalue weighted by Crippen LogP contribution is -2.36. The van der Waals surface area contributed by atoms with E-state index in [2.05, 4.69) is 4.98 Å². The summed E-state index contributed by atoms with van der Waals surface area (Å²) >= 11 is 8.43. The number of fused-ring (bicyclic) bond motifs is 1. The number of benzene rings is 1. The first-order chi connectivity index (χ1) is 12.4. The number of aromatic nitrogens is 1. The average molecular weight is 411 g/mol. The third-order valence-corrected chi connectivity index (χ3v) is 5.96. The van der Waals surface area contributed by atoms with Crippen LogP contribution < -0.4 is 4.90 Å². The highest BCUT2D eigenvalue weighted by atomic mass is 35.5. The number of halogens is 1. The Hall–Kier alpha value is -2.07. The maximum Gasteiger partial charge on any atom is 0.324 e. The number of thiazole rings is 1. The maximum atomic E-state index is 13.0. The monoisotopic (exact) mass is 410 g/mol. The number of hydrogen-bond acceptors (Lipinski definition) is 7. The van der Waals surface area contributed by atoms with Gasteiger partial charge in [0.1, 0.15) is 5.52 Å². The fraction of sp³-hybridized carbons (Fsp3) is 0.250. The minimum atomic E-state index is -0.497. The van der Waals surface area contributed by atoms with Gasteiger partial charge in [-0.05, 0) is 32.3 Å². The van der Waals surface area contributed by atoms with Crippen molar-refractivity contribution in [1.82, 2.24) is 9.88 Å². The molecule has 0 fully saturated rings. The Bertz CT molecular complexity index is 969. The van der Waals surface area contributed by atoms with E-state index in [4.69, 9.17) is 11.6 Å². The van der Waals surface area contributed by atoms with Gasteiger partial charge in [-0.1, -0.05) is 40.3 Å². The van der Waals surface area contributed by atoms with Crippen molar-refractivity contribution in [2.24, 2.45) is 0 Å². The molecule has 2 aromatic heterocycles. The van der Waals surface area contributed by atoms with Crippen molar-refractivity contribution in [2.75, 3.05) is 32.1 Å². The molecule has 0 aliphatic rings. The number of rotatable bonds is 6. The number of para-hydroxylation sites is 1. The van der Waals surface area contributed by atoms with E-state index in [0.29, 0.717) is 33.6 Å². The third kappa shape index (κ3) is 3.85. The lowest BCUT2D eigenvalue weighted by atomic mass is 10.3. The molecule has 0 unspecified atom stereocenters. The molecule has 10 heteroatoms. The number of anilines is 1. The number of carbonyl (C=O) groups is 1. The molecule has 7 nitrogen and oxygen atoms in total. The maximum absolute atomic E-state index is 13.0. The molecule has 3 rings (SSSR count). The zero-order valence-electron chi connectivity index (χ0n) is 14.0. The van der Waals surface area contributed by atoms with Crippen molar-refractivity contribution < 1.29 is 9.72 Å². The van der Waals surface area contributed by atoms with Crippen molar-refractivity contribution in [3.8, 4) is 0 Å². The SMILES string of the molecule is CN(C)CCN(C(=O)c1ccc([N+](=O)[O-])s1)c1nc2c(Cl)cccc2s1. The van der Waals surface area contributed by atoms with Gasteiger partial charge in [-0.25, -0.2) is 4.98 Å². The number of likely N-dealkylation sites (N-methyl/N-ethyl adjacent to an activating group) is 1. The molecule has 136 valence electrons. The van der Waals surface area contributed by atoms with Crippen LogP contribution in [0.5, 0.6) is 0 Å². The van der Waals surface area contributed by atoms with E-state index in [-0.39, 0.29) is 10.9 Å². The Labute approximate surface area is 162 Å². The normalized spacial score (nSPS) is 11.2. The lowest BCUT2D eigenvalue weighted by Gasteiger charge is -2.21. The van der Waals surface area contributed by atoms with Crippen LogP contribution in [0.15, 0.2) is 30.3 Å². The van der Waals surface area contributed by atoms with Gasteiger partial charge in [-0.3, -0.25) is 19.8 Å². The fourth-order valence-electron chi connectivity index (χ4n) is 2.28. The quantitative estimate of drug-likeness (QED) is 0.451. The lowest BCUT2D eigenvalue weighted by molar-refractivity contribution is -0.380. The highest BCUT2D eigenvalue weighted by Gasteiger charge is 2.25. The number of thiophene rings is 1. The van der Waals surface area contributed by atoms with Gasteiger partial charge in [-0.15, -0.1) is 0 Å². The Balaban J connectivity index is 1.98. The predicted octanol–water partition coefficient (Wildman–Crippen LogP) is 4.13. The van der Waals surface area contributed by atoms with Gasteiger partial charge in [0, 0.05) is 19.2 Å². The molecule has 0 aliphatic heterocycles. The molecule has 1 amide bonds. The molecule has 0 bridgehead atoms. The summed E-state index contributed by atoms with van der Waals surface area (Å²) in [5, 5.41) is 11.9. The van der Waals surface area contributed by atoms with Crippen LogP contribution in [-0.4, -0.2) is 47.9 Å². The van der Waals surface area contributed by atoms with Gasteiger partial charge in [0.05, 0.1) is 19.5 Å². The fourth-order valence-corrected chi connectivity index (χ4v) is 4.34. The second-order valence-electron chi connectivity index (χ2n) is 5.74. The highest BCUT2D eigenvalue weighted by Crippen LogP contribution is 2.34. The molecule has 26 heavy (non-hydrogen) atoms. The minimum absolute atomic E-state index is 0.0618. The van der Waals surface area contributed by atoms with E-state index in [1.54, 1.807) is 11.0 Å². The molecule has 0 saturated carbocycles. The van der Waals surface area contributed by atoms with Crippen LogP contribution in [0.4, 0.5) is 10.1 Å². The van der Waals surface area contributed by atoms with Gasteiger partial charge in [0.2, 0.25) is 0 Å². The molecule has 0 spiro atoms. The first kappa shape index (κ1) is 18.7. The summed E-state index contributed by atoms with van der Waals surface area (Å²) in [5.74, 6) is -0.305. The van der Waals surface area contributed by atoms with Crippen LogP contribution >= 0.6 is 34.3 Å². The second kappa shape index (κ2) is 7.67. The molecule has 1 aromatic carbocycles. The third-order valence-electron chi connectivity index (χ3n) is 3.59. The summed E-state index contributed by atoms with van der Waals surface area (Å²) in [7, 11) is 3.82. The van der Waals surface area contributed by atoms with E-state index in [1.165, 1.54) is 23.5 Å². The second-order valence-corrected chi connectivity index (χ2v) is 8.22. The van der Waals surface area contributed by atoms with Crippen LogP contribution in [0.2, 0.25) is 5.02 Å². The Morgan fingerprint density at radius 3 is 2.62 bits per heavy atom. The average Bonchev–Trinajstić information content (AvgIpc) is 3.22. The summed E-state index contributed by atoms with van der Waals surface area (Å²) in [6, 6.07) is 8.31. The first-order valence-corrected chi connectivity index (χ1v) is 9.64. The van der Waals surface area contributed by atoms with Crippen molar-refractivity contribution in [1.29, 1.82) is 0 Å². The van der Waals surface area contributed by atoms with E-state index >= 15 is 0 Å². The number of carbonyl (C=O) groups excluding carboxylic acids is 1.